The van der Waals surface area contributed by atoms with Gasteiger partial charge in [-0.25, -0.2) is 0 Å². The van der Waals surface area contributed by atoms with Gasteiger partial charge in [0.05, 0.1) is 0 Å². The summed E-state index contributed by atoms with van der Waals surface area (Å²) in [4.78, 5) is 0. The van der Waals surface area contributed by atoms with Crippen LogP contribution in [-0.2, 0) is 59.2 Å². The number of benzene rings is 18. The van der Waals surface area contributed by atoms with E-state index in [-0.39, 0.29) is 27.1 Å². The first-order valence-electron chi connectivity index (χ1n) is 50.9. The molecule has 0 nitrogen and oxygen atoms in total. The lowest BCUT2D eigenvalue weighted by molar-refractivity contribution is 0.436. The van der Waals surface area contributed by atoms with Gasteiger partial charge in [-0.1, -0.05) is 537 Å². The summed E-state index contributed by atoms with van der Waals surface area (Å²) >= 11 is 0. The predicted octanol–water partition coefficient (Wildman–Crippen LogP) is 35.4. The lowest BCUT2D eigenvalue weighted by atomic mass is 9.60. The van der Waals surface area contributed by atoms with Gasteiger partial charge in [0.2, 0.25) is 0 Å². The summed E-state index contributed by atoms with van der Waals surface area (Å²) < 4.78 is 0. The summed E-state index contributed by atoms with van der Waals surface area (Å²) in [7, 11) is 0. The number of aryl methyl sites for hydroxylation is 20. The molecule has 0 bridgehead atoms. The van der Waals surface area contributed by atoms with Crippen molar-refractivity contribution in [2.45, 2.75) is 209 Å². The van der Waals surface area contributed by atoms with Crippen LogP contribution >= 0.6 is 0 Å². The van der Waals surface area contributed by atoms with Crippen molar-refractivity contribution >= 4 is 0 Å². The van der Waals surface area contributed by atoms with Crippen molar-refractivity contribution < 1.29 is 0 Å². The Labute approximate surface area is 840 Å². The Kier molecular flexibility index (Phi) is 33.1. The van der Waals surface area contributed by atoms with Gasteiger partial charge in [0.1, 0.15) is 0 Å². The Balaban J connectivity index is 0.000000143. The van der Waals surface area contributed by atoms with Crippen LogP contribution in [0.15, 0.2) is 443 Å². The van der Waals surface area contributed by atoms with Gasteiger partial charge < -0.3 is 0 Å². The minimum absolute atomic E-state index is 0.0231. The van der Waals surface area contributed by atoms with Gasteiger partial charge in [0.25, 0.3) is 0 Å². The van der Waals surface area contributed by atoms with E-state index in [4.69, 9.17) is 0 Å². The minimum Gasteiger partial charge on any atom is -0.0622 e. The van der Waals surface area contributed by atoms with E-state index in [1.807, 2.05) is 0 Å². The Morgan fingerprint density at radius 1 is 0.114 bits per heavy atom. The summed E-state index contributed by atoms with van der Waals surface area (Å²) in [5.41, 5.74) is 45.6. The first-order chi connectivity index (χ1) is 67.7. The summed E-state index contributed by atoms with van der Waals surface area (Å²) in [5.74, 6) is 0. The molecule has 0 radical (unpaired) electrons. The standard InChI is InChI=1S/C46H46.C32H34.2C31H32/c1-33-7-19-39(20-8-33)45(40-21-9-34(2)10-22-40,41-23-11-35(3)12-24-41)31-32-46(42-25-13-36(4)14-26-42,43-27-15-37(5)16-28-43)44-29-17-38(6)18-30-44;1-25-9-15-28(16-10-25)21-23-32(30-7-5-4-6-8-30,31-19-13-27(3)14-20-31)24-22-29-17-11-26(2)12-18-29;1-23-5-13-27(14-6-23)21-31(29-17-9-25(3)10-18-29,30-19-11-26(4)12-20-30)22-28-15-7-24(2)8-16-28;1-23-5-13-27(14-6-23)21-22-31(28-15-7-24(2)8-16-28,29-17-9-25(3)10-18-29)30-19-11-26(4)12-20-30/h7-30H,31-32H2,1-6H3;4-20H,21-24H2,1-3H3;2*5-20H,21-22H2,1-4H3. The van der Waals surface area contributed by atoms with Crippen LogP contribution < -0.4 is 0 Å². The molecule has 0 heterocycles. The van der Waals surface area contributed by atoms with Crippen LogP contribution in [0.3, 0.4) is 0 Å². The van der Waals surface area contributed by atoms with E-state index < -0.39 is 0 Å². The van der Waals surface area contributed by atoms with Gasteiger partial charge >= 0.3 is 0 Å². The molecule has 140 heavy (non-hydrogen) atoms. The Bertz CT molecular complexity index is 6270. The molecule has 0 spiro atoms. The molecule has 704 valence electrons. The molecule has 0 amide bonds. The molecule has 0 aliphatic heterocycles. The zero-order chi connectivity index (χ0) is 98.4. The Morgan fingerprint density at radius 3 is 0.436 bits per heavy atom. The van der Waals surface area contributed by atoms with Crippen LogP contribution in [-0.4, -0.2) is 0 Å². The molecule has 0 saturated carbocycles. The smallest absolute Gasteiger partial charge is 0.0454 e. The fourth-order valence-corrected chi connectivity index (χ4v) is 21.0. The number of rotatable bonds is 29. The molecule has 18 aromatic rings. The summed E-state index contributed by atoms with van der Waals surface area (Å²) in [6.45, 7) is 36.9. The lowest BCUT2D eigenvalue weighted by Crippen LogP contribution is -2.36. The summed E-state index contributed by atoms with van der Waals surface area (Å²) in [6.07, 6.45) is 10.1. The number of hydrogen-bond donors (Lipinski definition) is 0. The highest BCUT2D eigenvalue weighted by Gasteiger charge is 2.44. The fourth-order valence-electron chi connectivity index (χ4n) is 21.0. The van der Waals surface area contributed by atoms with E-state index in [1.54, 1.807) is 0 Å². The second kappa shape index (κ2) is 46.2. The minimum atomic E-state index is -0.361. The third-order valence-electron chi connectivity index (χ3n) is 30.0. The predicted molar refractivity (Wildman–Crippen MR) is 599 cm³/mol. The van der Waals surface area contributed by atoms with E-state index in [0.717, 1.165) is 64.2 Å². The molecule has 0 heteroatoms. The molecular formula is C140H144. The molecule has 0 atom stereocenters. The van der Waals surface area contributed by atoms with E-state index in [2.05, 4.69) is 561 Å². The van der Waals surface area contributed by atoms with Crippen molar-refractivity contribution in [1.29, 1.82) is 0 Å². The number of hydrogen-bond acceptors (Lipinski definition) is 0. The van der Waals surface area contributed by atoms with E-state index in [0.29, 0.717) is 0 Å². The molecule has 0 aromatic heterocycles. The quantitative estimate of drug-likeness (QED) is 0.0410. The fraction of sp³-hybridized carbons (Fsp3) is 0.229. The van der Waals surface area contributed by atoms with Gasteiger partial charge in [0, 0.05) is 27.1 Å². The topological polar surface area (TPSA) is 0 Å². The van der Waals surface area contributed by atoms with Crippen molar-refractivity contribution in [3.05, 3.63) is 638 Å². The molecule has 0 aliphatic rings. The molecular weight excluding hydrogens is 1680 g/mol. The Hall–Kier alpha value is -14.0. The maximum Gasteiger partial charge on any atom is 0.0454 e. The SMILES string of the molecule is Cc1ccc(C(CCC(c2ccc(C)cc2)(c2ccc(C)cc2)c2ccc(C)cc2)(c2ccc(C)cc2)c2ccc(C)cc2)cc1.Cc1ccc(CC(Cc2ccc(C)cc2)(c2ccc(C)cc2)c2ccc(C)cc2)cc1.Cc1ccc(CCC(CCc2ccc(C)cc2)(c2ccccc2)c2ccc(C)cc2)cc1.Cc1ccc(CCC(c2ccc(C)cc2)(c2ccc(C)cc2)c2ccc(C)cc2)cc1. The first kappa shape index (κ1) is 100. The maximum absolute atomic E-state index is 2.36. The first-order valence-corrected chi connectivity index (χ1v) is 50.9. The highest BCUT2D eigenvalue weighted by molar-refractivity contribution is 5.58. The highest BCUT2D eigenvalue weighted by atomic mass is 14.5. The lowest BCUT2D eigenvalue weighted by Gasteiger charge is -2.42. The average molecular weight is 1830 g/mol. The van der Waals surface area contributed by atoms with Crippen LogP contribution in [0.25, 0.3) is 0 Å². The molecule has 0 N–H and O–H groups in total. The van der Waals surface area contributed by atoms with Crippen LogP contribution in [0.5, 0.6) is 0 Å². The molecule has 0 fully saturated rings. The van der Waals surface area contributed by atoms with Gasteiger partial charge in [0.15, 0.2) is 0 Å². The molecule has 18 rings (SSSR count). The zero-order valence-corrected chi connectivity index (χ0v) is 86.2. The van der Waals surface area contributed by atoms with Crippen LogP contribution in [0.2, 0.25) is 0 Å². The van der Waals surface area contributed by atoms with Crippen LogP contribution in [0, 0.1) is 118 Å². The summed E-state index contributed by atoms with van der Waals surface area (Å²) in [6, 6.07) is 167. The maximum atomic E-state index is 2.36. The van der Waals surface area contributed by atoms with Crippen LogP contribution in [0.4, 0.5) is 0 Å². The molecule has 0 aliphatic carbocycles. The normalized spacial score (nSPS) is 11.6. The summed E-state index contributed by atoms with van der Waals surface area (Å²) in [5, 5.41) is 0. The van der Waals surface area contributed by atoms with Gasteiger partial charge in [-0.15, -0.1) is 0 Å². The molecule has 0 saturated heterocycles. The second-order valence-corrected chi connectivity index (χ2v) is 40.9. The third-order valence-corrected chi connectivity index (χ3v) is 30.0. The highest BCUT2D eigenvalue weighted by Crippen LogP contribution is 2.52. The van der Waals surface area contributed by atoms with Gasteiger partial charge in [-0.2, -0.15) is 0 Å². The van der Waals surface area contributed by atoms with Crippen LogP contribution in [0.1, 0.15) is 227 Å². The molecule has 0 unspecified atom stereocenters. The molecule has 18 aromatic carbocycles. The largest absolute Gasteiger partial charge is 0.0622 e. The van der Waals surface area contributed by atoms with Gasteiger partial charge in [-0.05, 0) is 282 Å². The van der Waals surface area contributed by atoms with Crippen molar-refractivity contribution in [1.82, 2.24) is 0 Å². The third kappa shape index (κ3) is 24.4. The average Bonchev–Trinajstić information content (AvgIpc) is 0.732. The van der Waals surface area contributed by atoms with Crippen molar-refractivity contribution in [3.8, 4) is 0 Å². The van der Waals surface area contributed by atoms with E-state index >= 15 is 0 Å². The van der Waals surface area contributed by atoms with Crippen molar-refractivity contribution in [3.63, 3.8) is 0 Å². The van der Waals surface area contributed by atoms with Gasteiger partial charge in [-0.3, -0.25) is 0 Å². The Morgan fingerprint density at radius 2 is 0.250 bits per heavy atom. The zero-order valence-electron chi connectivity index (χ0n) is 86.2. The van der Waals surface area contributed by atoms with Crippen molar-refractivity contribution in [2.24, 2.45) is 0 Å². The van der Waals surface area contributed by atoms with E-state index in [1.165, 1.54) is 195 Å². The monoisotopic (exact) mass is 1830 g/mol. The van der Waals surface area contributed by atoms with E-state index in [9.17, 15) is 0 Å². The van der Waals surface area contributed by atoms with Crippen molar-refractivity contribution in [2.75, 3.05) is 0 Å². The second-order valence-electron chi connectivity index (χ2n) is 40.9.